The molecule has 1 atom stereocenters. The number of halogens is 2. The van der Waals surface area contributed by atoms with Gasteiger partial charge in [0.2, 0.25) is 0 Å². The molecule has 0 bridgehead atoms. The first-order valence-electron chi connectivity index (χ1n) is 12.3. The standard InChI is InChI=1S/C29H29F2N3O5/c1-37-15-14-33(29(36)22-6-4-5-7-24(22)31)18-28(35)34-26(19-8-10-20(30)11-9-19)17-25(32-34)23-13-12-21(38-2)16-27(23)39-3/h4-13,16,26H,14-15,17-18H2,1-3H3/t26-/m0/s1. The van der Waals surface area contributed by atoms with Gasteiger partial charge in [0, 0.05) is 31.7 Å². The summed E-state index contributed by atoms with van der Waals surface area (Å²) in [6.07, 6.45) is 0.319. The fourth-order valence-corrected chi connectivity index (χ4v) is 4.38. The maximum Gasteiger partial charge on any atom is 0.262 e. The normalized spacial score (nSPS) is 14.6. The van der Waals surface area contributed by atoms with Crippen molar-refractivity contribution in [2.75, 3.05) is 41.0 Å². The summed E-state index contributed by atoms with van der Waals surface area (Å²) in [5, 5.41) is 5.92. The second-order valence-electron chi connectivity index (χ2n) is 8.82. The average Bonchev–Trinajstić information content (AvgIpc) is 3.40. The van der Waals surface area contributed by atoms with Crippen LogP contribution in [0, 0.1) is 11.6 Å². The highest BCUT2D eigenvalue weighted by Crippen LogP contribution is 2.36. The maximum absolute atomic E-state index is 14.4. The summed E-state index contributed by atoms with van der Waals surface area (Å²) in [6, 6.07) is 16.1. The minimum atomic E-state index is -0.686. The third-order valence-corrected chi connectivity index (χ3v) is 6.42. The van der Waals surface area contributed by atoms with E-state index in [2.05, 4.69) is 5.10 Å². The molecule has 1 aliphatic heterocycles. The number of hydrogen-bond donors (Lipinski definition) is 0. The number of carbonyl (C=O) groups is 2. The highest BCUT2D eigenvalue weighted by Gasteiger charge is 2.35. The second kappa shape index (κ2) is 12.5. The first-order valence-corrected chi connectivity index (χ1v) is 12.3. The minimum absolute atomic E-state index is 0.0628. The van der Waals surface area contributed by atoms with Crippen LogP contribution in [0.25, 0.3) is 0 Å². The number of benzene rings is 3. The van der Waals surface area contributed by atoms with Crippen molar-refractivity contribution in [2.24, 2.45) is 5.10 Å². The van der Waals surface area contributed by atoms with E-state index in [4.69, 9.17) is 14.2 Å². The van der Waals surface area contributed by atoms with E-state index in [-0.39, 0.29) is 25.3 Å². The molecule has 0 N–H and O–H groups in total. The van der Waals surface area contributed by atoms with Crippen LogP contribution < -0.4 is 9.47 Å². The SMILES string of the molecule is COCCN(CC(=O)N1N=C(c2ccc(OC)cc2OC)C[C@H]1c1ccc(F)cc1)C(=O)c1ccccc1F. The van der Waals surface area contributed by atoms with E-state index in [1.807, 2.05) is 0 Å². The number of hydrazone groups is 1. The van der Waals surface area contributed by atoms with Crippen LogP contribution in [0.1, 0.15) is 33.9 Å². The zero-order valence-electron chi connectivity index (χ0n) is 21.9. The zero-order valence-corrected chi connectivity index (χ0v) is 21.9. The molecule has 204 valence electrons. The molecule has 8 nitrogen and oxygen atoms in total. The molecule has 3 aromatic carbocycles. The molecule has 0 fully saturated rings. The summed E-state index contributed by atoms with van der Waals surface area (Å²) in [5.74, 6) is -1.12. The average molecular weight is 538 g/mol. The molecule has 1 heterocycles. The Morgan fingerprint density at radius 1 is 1.00 bits per heavy atom. The van der Waals surface area contributed by atoms with Crippen molar-refractivity contribution in [1.29, 1.82) is 0 Å². The minimum Gasteiger partial charge on any atom is -0.497 e. The van der Waals surface area contributed by atoms with Crippen LogP contribution in [0.5, 0.6) is 11.5 Å². The smallest absolute Gasteiger partial charge is 0.262 e. The first kappa shape index (κ1) is 27.7. The van der Waals surface area contributed by atoms with Gasteiger partial charge in [-0.1, -0.05) is 24.3 Å². The molecule has 1 aliphatic rings. The number of rotatable bonds is 10. The fourth-order valence-electron chi connectivity index (χ4n) is 4.38. The molecule has 0 unspecified atom stereocenters. The quantitative estimate of drug-likeness (QED) is 0.382. The summed E-state index contributed by atoms with van der Waals surface area (Å²) in [6.45, 7) is -0.162. The maximum atomic E-state index is 14.4. The molecule has 0 radical (unpaired) electrons. The van der Waals surface area contributed by atoms with Crippen LogP contribution in [-0.2, 0) is 9.53 Å². The van der Waals surface area contributed by atoms with Crippen molar-refractivity contribution in [2.45, 2.75) is 12.5 Å². The third kappa shape index (κ3) is 6.23. The van der Waals surface area contributed by atoms with Gasteiger partial charge in [0.15, 0.2) is 0 Å². The molecule has 10 heteroatoms. The Kier molecular flexibility index (Phi) is 8.88. The molecular weight excluding hydrogens is 508 g/mol. The van der Waals surface area contributed by atoms with Crippen molar-refractivity contribution < 1.29 is 32.6 Å². The van der Waals surface area contributed by atoms with Crippen LogP contribution in [-0.4, -0.2) is 68.5 Å². The van der Waals surface area contributed by atoms with Gasteiger partial charge in [0.25, 0.3) is 11.8 Å². The highest BCUT2D eigenvalue weighted by molar-refractivity contribution is 6.05. The number of carbonyl (C=O) groups excluding carboxylic acids is 2. The Hall–Kier alpha value is -4.31. The topological polar surface area (TPSA) is 80.7 Å². The Morgan fingerprint density at radius 2 is 1.74 bits per heavy atom. The van der Waals surface area contributed by atoms with Gasteiger partial charge in [-0.15, -0.1) is 0 Å². The summed E-state index contributed by atoms with van der Waals surface area (Å²) < 4.78 is 44.0. The molecule has 0 spiro atoms. The lowest BCUT2D eigenvalue weighted by atomic mass is 9.97. The second-order valence-corrected chi connectivity index (χ2v) is 8.82. The number of ether oxygens (including phenoxy) is 3. The third-order valence-electron chi connectivity index (χ3n) is 6.42. The summed E-state index contributed by atoms with van der Waals surface area (Å²) in [7, 11) is 4.54. The zero-order chi connectivity index (χ0) is 27.9. The monoisotopic (exact) mass is 537 g/mol. The van der Waals surface area contributed by atoms with Gasteiger partial charge in [0.1, 0.15) is 29.7 Å². The van der Waals surface area contributed by atoms with E-state index in [1.54, 1.807) is 43.5 Å². The summed E-state index contributed by atoms with van der Waals surface area (Å²) in [4.78, 5) is 28.1. The largest absolute Gasteiger partial charge is 0.497 e. The number of nitrogens with zero attached hydrogens (tertiary/aromatic N) is 3. The van der Waals surface area contributed by atoms with Gasteiger partial charge in [-0.25, -0.2) is 13.8 Å². The lowest BCUT2D eigenvalue weighted by molar-refractivity contribution is -0.133. The molecule has 0 saturated carbocycles. The van der Waals surface area contributed by atoms with Gasteiger partial charge in [0.05, 0.1) is 38.1 Å². The van der Waals surface area contributed by atoms with Crippen LogP contribution in [0.4, 0.5) is 8.78 Å². The van der Waals surface area contributed by atoms with Crippen LogP contribution in [0.15, 0.2) is 71.8 Å². The predicted octanol–water partition coefficient (Wildman–Crippen LogP) is 4.45. The van der Waals surface area contributed by atoms with Crippen LogP contribution in [0.2, 0.25) is 0 Å². The van der Waals surface area contributed by atoms with E-state index in [0.29, 0.717) is 34.8 Å². The van der Waals surface area contributed by atoms with Crippen molar-refractivity contribution in [1.82, 2.24) is 9.91 Å². The van der Waals surface area contributed by atoms with Crippen LogP contribution >= 0.6 is 0 Å². The first-order chi connectivity index (χ1) is 18.9. The summed E-state index contributed by atoms with van der Waals surface area (Å²) in [5.41, 5.74) is 1.75. The Balaban J connectivity index is 1.68. The molecular formula is C29H29F2N3O5. The van der Waals surface area contributed by atoms with E-state index in [1.165, 1.54) is 54.5 Å². The van der Waals surface area contributed by atoms with Gasteiger partial charge < -0.3 is 19.1 Å². The molecule has 4 rings (SSSR count). The van der Waals surface area contributed by atoms with Crippen molar-refractivity contribution in [3.8, 4) is 11.5 Å². The number of hydrogen-bond acceptors (Lipinski definition) is 6. The van der Waals surface area contributed by atoms with Gasteiger partial charge >= 0.3 is 0 Å². The summed E-state index contributed by atoms with van der Waals surface area (Å²) >= 11 is 0. The molecule has 0 aromatic heterocycles. The Bertz CT molecular complexity index is 1360. The highest BCUT2D eigenvalue weighted by atomic mass is 19.1. The Labute approximate surface area is 225 Å². The fraction of sp³-hybridized carbons (Fsp3) is 0.276. The molecule has 3 aromatic rings. The molecule has 0 aliphatic carbocycles. The van der Waals surface area contributed by atoms with E-state index in [0.717, 1.165) is 0 Å². The lowest BCUT2D eigenvalue weighted by Gasteiger charge is -2.27. The number of amides is 2. The van der Waals surface area contributed by atoms with Crippen molar-refractivity contribution in [3.63, 3.8) is 0 Å². The lowest BCUT2D eigenvalue weighted by Crippen LogP contribution is -2.43. The molecule has 0 saturated heterocycles. The molecule has 39 heavy (non-hydrogen) atoms. The van der Waals surface area contributed by atoms with E-state index < -0.39 is 29.5 Å². The van der Waals surface area contributed by atoms with Crippen molar-refractivity contribution in [3.05, 3.63) is 95.1 Å². The molecule has 2 amide bonds. The number of methoxy groups -OCH3 is 3. The van der Waals surface area contributed by atoms with Gasteiger partial charge in [-0.05, 0) is 42.0 Å². The van der Waals surface area contributed by atoms with Gasteiger partial charge in [-0.3, -0.25) is 9.59 Å². The van der Waals surface area contributed by atoms with E-state index in [9.17, 15) is 18.4 Å². The Morgan fingerprint density at radius 3 is 2.41 bits per heavy atom. The van der Waals surface area contributed by atoms with E-state index >= 15 is 0 Å². The van der Waals surface area contributed by atoms with Gasteiger partial charge in [-0.2, -0.15) is 5.10 Å². The van der Waals surface area contributed by atoms with Crippen LogP contribution in [0.3, 0.4) is 0 Å². The van der Waals surface area contributed by atoms with Crippen molar-refractivity contribution >= 4 is 17.5 Å². The predicted molar refractivity (Wildman–Crippen MR) is 141 cm³/mol.